The van der Waals surface area contributed by atoms with Gasteiger partial charge in [-0.3, -0.25) is 0 Å². The number of nitrogens with zero attached hydrogens (tertiary/aromatic N) is 1. The first-order valence-corrected chi connectivity index (χ1v) is 4.89. The zero-order valence-corrected chi connectivity index (χ0v) is 9.07. The van der Waals surface area contributed by atoms with Gasteiger partial charge < -0.3 is 5.32 Å². The van der Waals surface area contributed by atoms with E-state index in [9.17, 15) is 22.0 Å². The molecule has 0 saturated heterocycles. The molecule has 1 N–H and O–H groups in total. The third-order valence-corrected chi connectivity index (χ3v) is 2.45. The number of hydrogen-bond acceptors (Lipinski definition) is 2. The van der Waals surface area contributed by atoms with E-state index in [0.29, 0.717) is 6.07 Å². The molecule has 0 aliphatic rings. The predicted octanol–water partition coefficient (Wildman–Crippen LogP) is 3.63. The Bertz CT molecular complexity index is 612. The molecule has 0 amide bonds. The lowest BCUT2D eigenvalue weighted by Gasteiger charge is -2.10. The first kappa shape index (κ1) is 12.5. The van der Waals surface area contributed by atoms with Crippen LogP contribution in [-0.4, -0.2) is 12.0 Å². The van der Waals surface area contributed by atoms with Gasteiger partial charge in [-0.05, 0) is 12.1 Å². The van der Waals surface area contributed by atoms with Gasteiger partial charge in [0.15, 0.2) is 17.5 Å². The Morgan fingerprint density at radius 3 is 2.33 bits per heavy atom. The van der Waals surface area contributed by atoms with Crippen LogP contribution in [0.5, 0.6) is 0 Å². The average molecular weight is 262 g/mol. The Kier molecular flexibility index (Phi) is 3.06. The molecule has 0 spiro atoms. The maximum Gasteiger partial charge on any atom is 0.280 e. The van der Waals surface area contributed by atoms with Gasteiger partial charge in [-0.15, -0.1) is 0 Å². The van der Waals surface area contributed by atoms with Crippen LogP contribution < -0.4 is 5.32 Å². The second-order valence-electron chi connectivity index (χ2n) is 3.53. The van der Waals surface area contributed by atoms with E-state index in [0.717, 1.165) is 6.07 Å². The van der Waals surface area contributed by atoms with Gasteiger partial charge in [0.05, 0.1) is 0 Å². The van der Waals surface area contributed by atoms with Gasteiger partial charge in [0, 0.05) is 18.1 Å². The minimum atomic E-state index is -2.94. The molecule has 96 valence electrons. The first-order chi connectivity index (χ1) is 8.45. The summed E-state index contributed by atoms with van der Waals surface area (Å²) in [7, 11) is 1.39. The fourth-order valence-corrected chi connectivity index (χ4v) is 1.61. The van der Waals surface area contributed by atoms with Crippen LogP contribution in [0.4, 0.5) is 27.6 Å². The lowest BCUT2D eigenvalue weighted by Crippen LogP contribution is -2.01. The molecule has 2 rings (SSSR count). The first-order valence-electron chi connectivity index (χ1n) is 4.89. The number of hydrogen-bond donors (Lipinski definition) is 1. The smallest absolute Gasteiger partial charge is 0.280 e. The summed E-state index contributed by atoms with van der Waals surface area (Å²) in [5.74, 6) is -4.71. The van der Waals surface area contributed by atoms with Crippen molar-refractivity contribution in [2.45, 2.75) is 6.43 Å². The molecule has 0 aliphatic heterocycles. The van der Waals surface area contributed by atoms with Crippen molar-refractivity contribution in [3.05, 3.63) is 35.3 Å². The molecule has 18 heavy (non-hydrogen) atoms. The van der Waals surface area contributed by atoms with Gasteiger partial charge in [0.2, 0.25) is 0 Å². The van der Waals surface area contributed by atoms with E-state index in [1.54, 1.807) is 0 Å². The highest BCUT2D eigenvalue weighted by Crippen LogP contribution is 2.30. The van der Waals surface area contributed by atoms with Crippen molar-refractivity contribution in [2.75, 3.05) is 12.4 Å². The Morgan fingerprint density at radius 2 is 1.78 bits per heavy atom. The molecule has 0 fully saturated rings. The van der Waals surface area contributed by atoms with E-state index in [1.165, 1.54) is 7.05 Å². The highest BCUT2D eigenvalue weighted by atomic mass is 19.3. The van der Waals surface area contributed by atoms with E-state index >= 15 is 0 Å². The average Bonchev–Trinajstić information content (AvgIpc) is 2.35. The van der Waals surface area contributed by atoms with Crippen LogP contribution in [0.25, 0.3) is 10.9 Å². The van der Waals surface area contributed by atoms with Crippen LogP contribution in [0.1, 0.15) is 12.1 Å². The summed E-state index contributed by atoms with van der Waals surface area (Å²) in [6.45, 7) is 0. The molecular weight excluding hydrogens is 255 g/mol. The number of pyridine rings is 1. The van der Waals surface area contributed by atoms with Crippen molar-refractivity contribution in [1.29, 1.82) is 0 Å². The van der Waals surface area contributed by atoms with Crippen LogP contribution >= 0.6 is 0 Å². The van der Waals surface area contributed by atoms with E-state index in [2.05, 4.69) is 10.3 Å². The second-order valence-corrected chi connectivity index (χ2v) is 3.53. The molecule has 0 radical (unpaired) electrons. The zero-order valence-electron chi connectivity index (χ0n) is 9.07. The normalized spacial score (nSPS) is 11.3. The van der Waals surface area contributed by atoms with Gasteiger partial charge >= 0.3 is 0 Å². The third-order valence-electron chi connectivity index (χ3n) is 2.45. The monoisotopic (exact) mass is 262 g/mol. The Morgan fingerprint density at radius 1 is 1.11 bits per heavy atom. The quantitative estimate of drug-likeness (QED) is 0.660. The van der Waals surface area contributed by atoms with Crippen molar-refractivity contribution in [1.82, 2.24) is 4.98 Å². The van der Waals surface area contributed by atoms with E-state index < -0.39 is 35.1 Å². The number of anilines is 1. The summed E-state index contributed by atoms with van der Waals surface area (Å²) in [5, 5.41) is 2.41. The summed E-state index contributed by atoms with van der Waals surface area (Å²) in [6, 6.07) is 1.67. The van der Waals surface area contributed by atoms with Crippen LogP contribution in [0.3, 0.4) is 0 Å². The molecule has 1 aromatic heterocycles. The molecule has 2 aromatic rings. The molecule has 0 saturated carbocycles. The van der Waals surface area contributed by atoms with Gasteiger partial charge in [0.25, 0.3) is 6.43 Å². The topological polar surface area (TPSA) is 24.9 Å². The van der Waals surface area contributed by atoms with Crippen molar-refractivity contribution in [2.24, 2.45) is 0 Å². The fourth-order valence-electron chi connectivity index (χ4n) is 1.61. The lowest BCUT2D eigenvalue weighted by atomic mass is 10.1. The minimum Gasteiger partial charge on any atom is -0.388 e. The Balaban J connectivity index is 2.88. The molecule has 7 heteroatoms. The Labute approximate surface area is 98.4 Å². The molecule has 1 heterocycles. The molecule has 0 atom stereocenters. The van der Waals surface area contributed by atoms with Crippen molar-refractivity contribution in [3.8, 4) is 0 Å². The van der Waals surface area contributed by atoms with E-state index in [1.807, 2.05) is 0 Å². The molecule has 1 aromatic carbocycles. The standard InChI is InChI=1S/C11H7F5N2/c1-17-6-3-7(11(15)16)18-10-4(6)2-5(12)8(13)9(10)14/h2-3,11H,1H3,(H,17,18). The van der Waals surface area contributed by atoms with Crippen molar-refractivity contribution < 1.29 is 22.0 Å². The van der Waals surface area contributed by atoms with Gasteiger partial charge in [-0.2, -0.15) is 0 Å². The van der Waals surface area contributed by atoms with Gasteiger partial charge in [-0.1, -0.05) is 0 Å². The number of rotatable bonds is 2. The maximum atomic E-state index is 13.5. The lowest BCUT2D eigenvalue weighted by molar-refractivity contribution is 0.146. The van der Waals surface area contributed by atoms with Gasteiger partial charge in [0.1, 0.15) is 11.2 Å². The fraction of sp³-hybridized carbons (Fsp3) is 0.182. The van der Waals surface area contributed by atoms with Crippen LogP contribution in [0.2, 0.25) is 0 Å². The summed E-state index contributed by atoms with van der Waals surface area (Å²) in [5.41, 5.74) is -1.29. The Hall–Kier alpha value is -1.92. The van der Waals surface area contributed by atoms with Crippen molar-refractivity contribution in [3.63, 3.8) is 0 Å². The number of benzene rings is 1. The SMILES string of the molecule is CNc1cc(C(F)F)nc2c(F)c(F)c(F)cc12. The number of alkyl halides is 2. The molecule has 2 nitrogen and oxygen atoms in total. The highest BCUT2D eigenvalue weighted by Gasteiger charge is 2.20. The van der Waals surface area contributed by atoms with E-state index in [4.69, 9.17) is 0 Å². The minimum absolute atomic E-state index is 0.0492. The number of aromatic nitrogens is 1. The zero-order chi connectivity index (χ0) is 13.4. The predicted molar refractivity (Wildman–Crippen MR) is 56.1 cm³/mol. The van der Waals surface area contributed by atoms with Crippen LogP contribution in [0, 0.1) is 17.5 Å². The largest absolute Gasteiger partial charge is 0.388 e. The second kappa shape index (κ2) is 4.40. The van der Waals surface area contributed by atoms with Gasteiger partial charge in [-0.25, -0.2) is 26.9 Å². The summed E-state index contributed by atoms with van der Waals surface area (Å²) in [4.78, 5) is 3.31. The number of fused-ring (bicyclic) bond motifs is 1. The summed E-state index contributed by atoms with van der Waals surface area (Å²) in [6.07, 6.45) is -2.94. The van der Waals surface area contributed by atoms with Crippen molar-refractivity contribution >= 4 is 16.6 Å². The highest BCUT2D eigenvalue weighted by molar-refractivity contribution is 5.92. The number of nitrogens with one attached hydrogen (secondary N) is 1. The maximum absolute atomic E-state index is 13.5. The van der Waals surface area contributed by atoms with E-state index in [-0.39, 0.29) is 11.1 Å². The third kappa shape index (κ3) is 1.85. The van der Waals surface area contributed by atoms with Crippen LogP contribution in [-0.2, 0) is 0 Å². The molecule has 0 unspecified atom stereocenters. The molecule has 0 aliphatic carbocycles. The summed E-state index contributed by atoms with van der Waals surface area (Å²) < 4.78 is 64.7. The molecular formula is C11H7F5N2. The summed E-state index contributed by atoms with van der Waals surface area (Å²) >= 11 is 0. The molecule has 0 bridgehead atoms. The van der Waals surface area contributed by atoms with Crippen LogP contribution in [0.15, 0.2) is 12.1 Å². The number of halogens is 5.